The van der Waals surface area contributed by atoms with E-state index in [2.05, 4.69) is 22.2 Å². The number of aromatic nitrogens is 2. The number of fused-ring (bicyclic) bond motifs is 1. The topological polar surface area (TPSA) is 80.5 Å². The van der Waals surface area contributed by atoms with E-state index in [-0.39, 0.29) is 11.4 Å². The fourth-order valence-electron chi connectivity index (χ4n) is 2.24. The van der Waals surface area contributed by atoms with E-state index in [0.29, 0.717) is 28.2 Å². The first-order valence-corrected chi connectivity index (χ1v) is 6.79. The average molecular weight is 290 g/mol. The fraction of sp³-hybridized carbons (Fsp3) is 0.500. The molecule has 0 spiro atoms. The lowest BCUT2D eigenvalue weighted by Crippen LogP contribution is -2.26. The molecule has 7 nitrogen and oxygen atoms in total. The van der Waals surface area contributed by atoms with Gasteiger partial charge in [0, 0.05) is 12.6 Å². The molecule has 112 valence electrons. The Balaban J connectivity index is 2.14. The van der Waals surface area contributed by atoms with Crippen molar-refractivity contribution in [3.05, 3.63) is 17.7 Å². The van der Waals surface area contributed by atoms with Crippen molar-refractivity contribution in [3.63, 3.8) is 0 Å². The number of hydroxylamine groups is 2. The van der Waals surface area contributed by atoms with Crippen LogP contribution in [0.2, 0.25) is 0 Å². The summed E-state index contributed by atoms with van der Waals surface area (Å²) in [6, 6.07) is 0. The van der Waals surface area contributed by atoms with Gasteiger partial charge in [0.05, 0.1) is 18.1 Å². The summed E-state index contributed by atoms with van der Waals surface area (Å²) < 4.78 is 5.60. The van der Waals surface area contributed by atoms with Crippen LogP contribution in [-0.4, -0.2) is 40.6 Å². The molecule has 1 aliphatic carbocycles. The van der Waals surface area contributed by atoms with Gasteiger partial charge in [0.25, 0.3) is 5.91 Å². The van der Waals surface area contributed by atoms with Gasteiger partial charge in [-0.25, -0.2) is 15.0 Å². The normalized spacial score (nSPS) is 16.0. The monoisotopic (exact) mass is 290 g/mol. The minimum Gasteiger partial charge on any atom is -0.442 e. The Bertz CT molecular complexity index is 706. The number of furan rings is 1. The second kappa shape index (κ2) is 4.70. The predicted octanol–water partition coefficient (Wildman–Crippen LogP) is 2.13. The summed E-state index contributed by atoms with van der Waals surface area (Å²) >= 11 is 0. The van der Waals surface area contributed by atoms with E-state index in [1.54, 1.807) is 14.0 Å². The van der Waals surface area contributed by atoms with Crippen molar-refractivity contribution in [2.45, 2.75) is 32.2 Å². The molecule has 0 radical (unpaired) electrons. The summed E-state index contributed by atoms with van der Waals surface area (Å²) in [6.07, 6.45) is 3.60. The highest BCUT2D eigenvalue weighted by molar-refractivity contribution is 6.09. The van der Waals surface area contributed by atoms with Crippen molar-refractivity contribution in [1.29, 1.82) is 0 Å². The molecule has 1 aliphatic rings. The second-order valence-corrected chi connectivity index (χ2v) is 5.61. The maximum Gasteiger partial charge on any atom is 0.281 e. The summed E-state index contributed by atoms with van der Waals surface area (Å²) in [6.45, 7) is 3.86. The number of carbonyl (C=O) groups is 1. The molecule has 2 aromatic rings. The summed E-state index contributed by atoms with van der Waals surface area (Å²) in [4.78, 5) is 25.8. The van der Waals surface area contributed by atoms with Gasteiger partial charge in [-0.05, 0) is 26.7 Å². The molecule has 0 unspecified atom stereocenters. The molecular weight excluding hydrogens is 272 g/mol. The predicted molar refractivity (Wildman–Crippen MR) is 76.9 cm³/mol. The smallest absolute Gasteiger partial charge is 0.281 e. The number of hydrogen-bond donors (Lipinski definition) is 1. The van der Waals surface area contributed by atoms with Gasteiger partial charge in [0.1, 0.15) is 17.9 Å². The Morgan fingerprint density at radius 3 is 2.81 bits per heavy atom. The van der Waals surface area contributed by atoms with E-state index in [9.17, 15) is 4.79 Å². The van der Waals surface area contributed by atoms with Crippen LogP contribution in [0.15, 0.2) is 10.7 Å². The lowest BCUT2D eigenvalue weighted by atomic mass is 10.1. The van der Waals surface area contributed by atoms with Gasteiger partial charge in [-0.1, -0.05) is 0 Å². The molecule has 1 amide bonds. The standard InChI is InChI=1S/C14H18N4O3/c1-8-9(13(19)18(3)20-4)10-11(17-14(2)5-6-14)15-7-16-12(10)21-8/h7H,5-6H2,1-4H3,(H,15,16,17). The molecular formula is C14H18N4O3. The van der Waals surface area contributed by atoms with Crippen LogP contribution in [0, 0.1) is 6.92 Å². The maximum absolute atomic E-state index is 12.5. The van der Waals surface area contributed by atoms with Crippen LogP contribution in [0.3, 0.4) is 0 Å². The number of rotatable bonds is 4. The second-order valence-electron chi connectivity index (χ2n) is 5.61. The molecule has 7 heteroatoms. The summed E-state index contributed by atoms with van der Waals surface area (Å²) in [5.41, 5.74) is 0.878. The minimum absolute atomic E-state index is 0.0416. The zero-order valence-corrected chi connectivity index (χ0v) is 12.6. The molecule has 0 atom stereocenters. The van der Waals surface area contributed by atoms with E-state index in [1.807, 2.05) is 0 Å². The first kappa shape index (κ1) is 13.8. The summed E-state index contributed by atoms with van der Waals surface area (Å²) in [5.74, 6) is 0.848. The van der Waals surface area contributed by atoms with Gasteiger partial charge in [-0.3, -0.25) is 9.63 Å². The molecule has 2 heterocycles. The van der Waals surface area contributed by atoms with Gasteiger partial charge in [0.2, 0.25) is 5.71 Å². The van der Waals surface area contributed by atoms with Crippen LogP contribution in [0.25, 0.3) is 11.1 Å². The molecule has 1 N–H and O–H groups in total. The molecule has 1 saturated carbocycles. The van der Waals surface area contributed by atoms with Crippen LogP contribution in [0.4, 0.5) is 5.82 Å². The van der Waals surface area contributed by atoms with Crippen LogP contribution in [0.5, 0.6) is 0 Å². The summed E-state index contributed by atoms with van der Waals surface area (Å²) in [5, 5.41) is 5.15. The fourth-order valence-corrected chi connectivity index (χ4v) is 2.24. The van der Waals surface area contributed by atoms with Crippen molar-refractivity contribution in [1.82, 2.24) is 15.0 Å². The van der Waals surface area contributed by atoms with Crippen molar-refractivity contribution < 1.29 is 14.0 Å². The van der Waals surface area contributed by atoms with Crippen molar-refractivity contribution >= 4 is 22.8 Å². The lowest BCUT2D eigenvalue weighted by Gasteiger charge is -2.15. The Morgan fingerprint density at radius 1 is 1.48 bits per heavy atom. The number of carbonyl (C=O) groups excluding carboxylic acids is 1. The molecule has 0 bridgehead atoms. The third-order valence-electron chi connectivity index (χ3n) is 3.86. The number of nitrogens with one attached hydrogen (secondary N) is 1. The van der Waals surface area contributed by atoms with Crippen LogP contribution in [0.1, 0.15) is 35.9 Å². The third-order valence-corrected chi connectivity index (χ3v) is 3.86. The lowest BCUT2D eigenvalue weighted by molar-refractivity contribution is -0.0756. The molecule has 0 aromatic carbocycles. The first-order chi connectivity index (χ1) is 9.95. The van der Waals surface area contributed by atoms with E-state index in [4.69, 9.17) is 9.25 Å². The van der Waals surface area contributed by atoms with Gasteiger partial charge in [0.15, 0.2) is 0 Å². The average Bonchev–Trinajstić information content (AvgIpc) is 3.07. The Hall–Kier alpha value is -2.15. The van der Waals surface area contributed by atoms with E-state index in [1.165, 1.54) is 13.4 Å². The van der Waals surface area contributed by atoms with E-state index in [0.717, 1.165) is 17.9 Å². The number of aryl methyl sites for hydroxylation is 1. The number of amides is 1. The van der Waals surface area contributed by atoms with Gasteiger partial charge < -0.3 is 9.73 Å². The van der Waals surface area contributed by atoms with Crippen LogP contribution in [-0.2, 0) is 4.84 Å². The highest BCUT2D eigenvalue weighted by Crippen LogP contribution is 2.40. The first-order valence-electron chi connectivity index (χ1n) is 6.79. The van der Waals surface area contributed by atoms with Gasteiger partial charge in [-0.15, -0.1) is 0 Å². The molecule has 0 aliphatic heterocycles. The third kappa shape index (κ3) is 2.33. The van der Waals surface area contributed by atoms with Crippen molar-refractivity contribution in [2.24, 2.45) is 0 Å². The number of anilines is 1. The highest BCUT2D eigenvalue weighted by atomic mass is 16.7. The largest absolute Gasteiger partial charge is 0.442 e. The van der Waals surface area contributed by atoms with Gasteiger partial charge >= 0.3 is 0 Å². The van der Waals surface area contributed by atoms with Gasteiger partial charge in [-0.2, -0.15) is 0 Å². The maximum atomic E-state index is 12.5. The quantitative estimate of drug-likeness (QED) is 0.869. The Labute approximate surface area is 122 Å². The number of hydrogen-bond acceptors (Lipinski definition) is 6. The van der Waals surface area contributed by atoms with Crippen LogP contribution >= 0.6 is 0 Å². The van der Waals surface area contributed by atoms with E-state index < -0.39 is 0 Å². The van der Waals surface area contributed by atoms with Crippen molar-refractivity contribution in [3.8, 4) is 0 Å². The molecule has 3 rings (SSSR count). The minimum atomic E-state index is -0.285. The molecule has 2 aromatic heterocycles. The van der Waals surface area contributed by atoms with Crippen LogP contribution < -0.4 is 5.32 Å². The highest BCUT2D eigenvalue weighted by Gasteiger charge is 2.38. The summed E-state index contributed by atoms with van der Waals surface area (Å²) in [7, 11) is 3.00. The molecule has 21 heavy (non-hydrogen) atoms. The number of nitrogens with zero attached hydrogens (tertiary/aromatic N) is 3. The molecule has 1 fully saturated rings. The zero-order valence-electron chi connectivity index (χ0n) is 12.6. The zero-order chi connectivity index (χ0) is 15.2. The van der Waals surface area contributed by atoms with Crippen molar-refractivity contribution in [2.75, 3.05) is 19.5 Å². The molecule has 0 saturated heterocycles. The Kier molecular flexibility index (Phi) is 3.09. The SMILES string of the molecule is CON(C)C(=O)c1c(C)oc2ncnc(NC3(C)CC3)c12. The van der Waals surface area contributed by atoms with E-state index >= 15 is 0 Å². The Morgan fingerprint density at radius 2 is 2.19 bits per heavy atom.